The molecule has 1 aromatic heterocycles. The van der Waals surface area contributed by atoms with Gasteiger partial charge in [0, 0.05) is 17.8 Å². The average Bonchev–Trinajstić information content (AvgIpc) is 2.67. The maximum atomic E-state index is 11.2. The Bertz CT molecular complexity index is 411. The van der Waals surface area contributed by atoms with Crippen molar-refractivity contribution in [1.82, 2.24) is 9.88 Å². The number of nitrogens with zero attached hydrogens (tertiary/aromatic N) is 1. The van der Waals surface area contributed by atoms with E-state index < -0.39 is 0 Å². The van der Waals surface area contributed by atoms with Crippen LogP contribution in [0.15, 0.2) is 16.9 Å². The van der Waals surface area contributed by atoms with E-state index in [0.29, 0.717) is 6.04 Å². The number of H-pyrrole nitrogens is 1. The summed E-state index contributed by atoms with van der Waals surface area (Å²) in [6, 6.07) is 4.15. The zero-order valence-electron chi connectivity index (χ0n) is 10.1. The molecule has 1 fully saturated rings. The Morgan fingerprint density at radius 1 is 1.50 bits per heavy atom. The molecule has 2 rings (SSSR count). The molecule has 88 valence electrons. The minimum atomic E-state index is 0.00119. The summed E-state index contributed by atoms with van der Waals surface area (Å²) in [6.45, 7) is 6.56. The number of aryl methyl sites for hydroxylation is 1. The molecule has 0 saturated carbocycles. The molecular weight excluding hydrogens is 200 g/mol. The molecule has 2 heterocycles. The van der Waals surface area contributed by atoms with Gasteiger partial charge in [-0.15, -0.1) is 0 Å². The lowest BCUT2D eigenvalue weighted by Crippen LogP contribution is -2.25. The number of nitrogens with one attached hydrogen (secondary N) is 1. The van der Waals surface area contributed by atoms with E-state index in [9.17, 15) is 4.79 Å². The number of hydrogen-bond acceptors (Lipinski definition) is 2. The predicted octanol–water partition coefficient (Wildman–Crippen LogP) is 2.23. The predicted molar refractivity (Wildman–Crippen MR) is 65.6 cm³/mol. The lowest BCUT2D eigenvalue weighted by Gasteiger charge is -2.25. The second-order valence-corrected chi connectivity index (χ2v) is 4.60. The van der Waals surface area contributed by atoms with Crippen molar-refractivity contribution >= 4 is 0 Å². The number of aromatic nitrogens is 1. The standard InChI is InChI=1S/C13H20N2O/c1-3-8-15-9-4-5-12(15)11-6-7-13(16)14-10(11)2/h6-7,12H,3-5,8-9H2,1-2H3,(H,14,16)/t12-/m0/s1. The van der Waals surface area contributed by atoms with Crippen LogP contribution >= 0.6 is 0 Å². The van der Waals surface area contributed by atoms with Gasteiger partial charge < -0.3 is 4.98 Å². The fraction of sp³-hybridized carbons (Fsp3) is 0.615. The molecular formula is C13H20N2O. The molecule has 1 atom stereocenters. The molecule has 0 aromatic carbocycles. The molecule has 0 unspecified atom stereocenters. The number of pyridine rings is 1. The maximum Gasteiger partial charge on any atom is 0.248 e. The molecule has 0 amide bonds. The Hall–Kier alpha value is -1.09. The van der Waals surface area contributed by atoms with E-state index in [4.69, 9.17) is 0 Å². The molecule has 0 aliphatic carbocycles. The first kappa shape index (κ1) is 11.4. The largest absolute Gasteiger partial charge is 0.326 e. The molecule has 1 aromatic rings. The molecule has 3 heteroatoms. The van der Waals surface area contributed by atoms with Crippen LogP contribution in [0.2, 0.25) is 0 Å². The summed E-state index contributed by atoms with van der Waals surface area (Å²) in [5, 5.41) is 0. The van der Waals surface area contributed by atoms with Crippen molar-refractivity contribution in [2.45, 2.75) is 39.2 Å². The zero-order valence-corrected chi connectivity index (χ0v) is 10.1. The van der Waals surface area contributed by atoms with Gasteiger partial charge in [0.25, 0.3) is 0 Å². The van der Waals surface area contributed by atoms with Gasteiger partial charge in [0.1, 0.15) is 0 Å². The second kappa shape index (κ2) is 4.83. The summed E-state index contributed by atoms with van der Waals surface area (Å²) < 4.78 is 0. The summed E-state index contributed by atoms with van der Waals surface area (Å²) in [7, 11) is 0. The Balaban J connectivity index is 2.25. The van der Waals surface area contributed by atoms with Gasteiger partial charge in [0.2, 0.25) is 5.56 Å². The highest BCUT2D eigenvalue weighted by Crippen LogP contribution is 2.32. The van der Waals surface area contributed by atoms with Crippen LogP contribution in [0.5, 0.6) is 0 Å². The fourth-order valence-electron chi connectivity index (χ4n) is 2.68. The van der Waals surface area contributed by atoms with Crippen molar-refractivity contribution in [3.8, 4) is 0 Å². The van der Waals surface area contributed by atoms with Crippen molar-refractivity contribution < 1.29 is 0 Å². The molecule has 1 aliphatic rings. The third kappa shape index (κ3) is 2.19. The first-order valence-corrected chi connectivity index (χ1v) is 6.16. The van der Waals surface area contributed by atoms with Crippen LogP contribution in [0.3, 0.4) is 0 Å². The molecule has 0 bridgehead atoms. The third-order valence-corrected chi connectivity index (χ3v) is 3.39. The van der Waals surface area contributed by atoms with Crippen molar-refractivity contribution in [3.63, 3.8) is 0 Å². The van der Waals surface area contributed by atoms with Crippen LogP contribution in [0.1, 0.15) is 43.5 Å². The summed E-state index contributed by atoms with van der Waals surface area (Å²) in [4.78, 5) is 16.6. The van der Waals surface area contributed by atoms with Crippen LogP contribution in [0.4, 0.5) is 0 Å². The van der Waals surface area contributed by atoms with Crippen LogP contribution in [-0.2, 0) is 0 Å². The van der Waals surface area contributed by atoms with E-state index in [0.717, 1.165) is 12.2 Å². The van der Waals surface area contributed by atoms with Crippen LogP contribution in [-0.4, -0.2) is 23.0 Å². The fourth-order valence-corrected chi connectivity index (χ4v) is 2.68. The van der Waals surface area contributed by atoms with Crippen molar-refractivity contribution in [1.29, 1.82) is 0 Å². The van der Waals surface area contributed by atoms with Gasteiger partial charge in [0.05, 0.1) is 0 Å². The smallest absolute Gasteiger partial charge is 0.248 e. The van der Waals surface area contributed by atoms with Crippen molar-refractivity contribution in [2.24, 2.45) is 0 Å². The molecule has 0 spiro atoms. The van der Waals surface area contributed by atoms with Gasteiger partial charge in [-0.3, -0.25) is 9.69 Å². The molecule has 1 saturated heterocycles. The Labute approximate surface area is 96.5 Å². The minimum absolute atomic E-state index is 0.00119. The van der Waals surface area contributed by atoms with Gasteiger partial charge in [-0.05, 0) is 44.8 Å². The Kier molecular flexibility index (Phi) is 3.44. The lowest BCUT2D eigenvalue weighted by molar-refractivity contribution is 0.256. The Morgan fingerprint density at radius 3 is 3.00 bits per heavy atom. The van der Waals surface area contributed by atoms with E-state index >= 15 is 0 Å². The first-order valence-electron chi connectivity index (χ1n) is 6.16. The van der Waals surface area contributed by atoms with E-state index in [-0.39, 0.29) is 5.56 Å². The average molecular weight is 220 g/mol. The van der Waals surface area contributed by atoms with Gasteiger partial charge in [-0.2, -0.15) is 0 Å². The highest BCUT2D eigenvalue weighted by Gasteiger charge is 2.26. The van der Waals surface area contributed by atoms with Gasteiger partial charge >= 0.3 is 0 Å². The SMILES string of the molecule is CCCN1CCC[C@H]1c1ccc(=O)[nH]c1C. The molecule has 16 heavy (non-hydrogen) atoms. The topological polar surface area (TPSA) is 36.1 Å². The molecule has 3 nitrogen and oxygen atoms in total. The lowest BCUT2D eigenvalue weighted by atomic mass is 10.0. The molecule has 0 radical (unpaired) electrons. The normalized spacial score (nSPS) is 21.5. The quantitative estimate of drug-likeness (QED) is 0.848. The summed E-state index contributed by atoms with van der Waals surface area (Å²) in [5.74, 6) is 0. The van der Waals surface area contributed by atoms with Gasteiger partial charge in [0.15, 0.2) is 0 Å². The number of aromatic amines is 1. The van der Waals surface area contributed by atoms with Crippen LogP contribution in [0, 0.1) is 6.92 Å². The van der Waals surface area contributed by atoms with E-state index in [1.807, 2.05) is 13.0 Å². The molecule has 1 N–H and O–H groups in total. The monoisotopic (exact) mass is 220 g/mol. The van der Waals surface area contributed by atoms with Gasteiger partial charge in [-0.1, -0.05) is 13.0 Å². The number of likely N-dealkylation sites (tertiary alicyclic amines) is 1. The van der Waals surface area contributed by atoms with E-state index in [2.05, 4.69) is 16.8 Å². The van der Waals surface area contributed by atoms with E-state index in [1.54, 1.807) is 6.07 Å². The maximum absolute atomic E-state index is 11.2. The van der Waals surface area contributed by atoms with Crippen LogP contribution in [0.25, 0.3) is 0 Å². The minimum Gasteiger partial charge on any atom is -0.326 e. The van der Waals surface area contributed by atoms with Crippen LogP contribution < -0.4 is 5.56 Å². The van der Waals surface area contributed by atoms with E-state index in [1.165, 1.54) is 31.4 Å². The summed E-state index contributed by atoms with van der Waals surface area (Å²) in [5.41, 5.74) is 2.33. The highest BCUT2D eigenvalue weighted by molar-refractivity contribution is 5.23. The zero-order chi connectivity index (χ0) is 11.5. The first-order chi connectivity index (χ1) is 7.72. The summed E-state index contributed by atoms with van der Waals surface area (Å²) >= 11 is 0. The third-order valence-electron chi connectivity index (χ3n) is 3.39. The highest BCUT2D eigenvalue weighted by atomic mass is 16.1. The number of rotatable bonds is 3. The Morgan fingerprint density at radius 2 is 2.31 bits per heavy atom. The second-order valence-electron chi connectivity index (χ2n) is 4.60. The van der Waals surface area contributed by atoms with Crippen molar-refractivity contribution in [2.75, 3.05) is 13.1 Å². The summed E-state index contributed by atoms with van der Waals surface area (Å²) in [6.07, 6.45) is 3.68. The van der Waals surface area contributed by atoms with Crippen molar-refractivity contribution in [3.05, 3.63) is 33.7 Å². The van der Waals surface area contributed by atoms with Gasteiger partial charge in [-0.25, -0.2) is 0 Å². The molecule has 1 aliphatic heterocycles. The number of hydrogen-bond donors (Lipinski definition) is 1.